The third-order valence-electron chi connectivity index (χ3n) is 7.74. The van der Waals surface area contributed by atoms with E-state index in [-0.39, 0.29) is 11.9 Å². The molecule has 3 aromatic heterocycles. The molecule has 0 spiro atoms. The van der Waals surface area contributed by atoms with E-state index in [1.54, 1.807) is 26.3 Å². The quantitative estimate of drug-likeness (QED) is 0.283. The minimum atomic E-state index is -4.49. The number of rotatable bonds is 7. The molecular formula is C29H30F3N7O. The van der Waals surface area contributed by atoms with Gasteiger partial charge in [-0.3, -0.25) is 0 Å². The number of fused-ring (bicyclic) bond motifs is 1. The van der Waals surface area contributed by atoms with Gasteiger partial charge in [0.05, 0.1) is 18.5 Å². The van der Waals surface area contributed by atoms with Gasteiger partial charge in [-0.15, -0.1) is 0 Å². The summed E-state index contributed by atoms with van der Waals surface area (Å²) in [5.41, 5.74) is 4.48. The van der Waals surface area contributed by atoms with Crippen molar-refractivity contribution in [3.8, 4) is 28.7 Å². The van der Waals surface area contributed by atoms with Crippen LogP contribution in [-0.4, -0.2) is 36.6 Å². The number of nitrogens with zero attached hydrogens (tertiary/aromatic N) is 6. The fourth-order valence-corrected chi connectivity index (χ4v) is 5.38. The second-order valence-corrected chi connectivity index (χ2v) is 10.7. The molecule has 0 radical (unpaired) electrons. The van der Waals surface area contributed by atoms with Crippen LogP contribution in [0.5, 0.6) is 5.88 Å². The smallest absolute Gasteiger partial charge is 0.434 e. The van der Waals surface area contributed by atoms with E-state index in [1.165, 1.54) is 10.9 Å². The maximum absolute atomic E-state index is 13.1. The number of aromatic nitrogens is 6. The summed E-state index contributed by atoms with van der Waals surface area (Å²) in [7, 11) is 3.16. The van der Waals surface area contributed by atoms with Crippen LogP contribution in [0.1, 0.15) is 79.2 Å². The standard InChI is InChI=1S/C29H30F3N7O/c1-15-5-12-20-23(15)37-26(22-24(18-8-9-18)33-14-34-28(22)40-4)38-25(20)35-16(2)17-6-10-19(11-7-17)27-36-21(13-39(27)3)29(30,31)32/h6-7,10-11,13-16,18H,5,8-9,12H2,1-4H3,(H,35,37,38). The molecule has 3 heterocycles. The molecule has 208 valence electrons. The van der Waals surface area contributed by atoms with E-state index < -0.39 is 11.9 Å². The fourth-order valence-electron chi connectivity index (χ4n) is 5.38. The Balaban J connectivity index is 1.32. The molecule has 8 nitrogen and oxygen atoms in total. The summed E-state index contributed by atoms with van der Waals surface area (Å²) in [5.74, 6) is 2.73. The highest BCUT2D eigenvalue weighted by Crippen LogP contribution is 2.46. The first-order chi connectivity index (χ1) is 19.1. The highest BCUT2D eigenvalue weighted by atomic mass is 19.4. The molecule has 0 bridgehead atoms. The Labute approximate surface area is 230 Å². The molecule has 1 aromatic carbocycles. The van der Waals surface area contributed by atoms with Crippen LogP contribution >= 0.6 is 0 Å². The summed E-state index contributed by atoms with van der Waals surface area (Å²) in [6, 6.07) is 7.27. The highest BCUT2D eigenvalue weighted by Gasteiger charge is 2.35. The Morgan fingerprint density at radius 3 is 2.42 bits per heavy atom. The van der Waals surface area contributed by atoms with Crippen molar-refractivity contribution in [3.63, 3.8) is 0 Å². The first-order valence-electron chi connectivity index (χ1n) is 13.4. The number of methoxy groups -OCH3 is 1. The number of halogens is 3. The Kier molecular flexibility index (Phi) is 6.47. The number of nitrogens with one attached hydrogen (secondary N) is 1. The molecular weight excluding hydrogens is 519 g/mol. The van der Waals surface area contributed by atoms with E-state index >= 15 is 0 Å². The zero-order chi connectivity index (χ0) is 28.2. The predicted octanol–water partition coefficient (Wildman–Crippen LogP) is 6.46. The topological polar surface area (TPSA) is 90.6 Å². The molecule has 2 atom stereocenters. The maximum atomic E-state index is 13.1. The van der Waals surface area contributed by atoms with E-state index in [0.29, 0.717) is 29.1 Å². The molecule has 0 aliphatic heterocycles. The van der Waals surface area contributed by atoms with Gasteiger partial charge in [-0.2, -0.15) is 13.2 Å². The number of benzene rings is 1. The van der Waals surface area contributed by atoms with Gasteiger partial charge < -0.3 is 14.6 Å². The van der Waals surface area contributed by atoms with Crippen molar-refractivity contribution in [2.45, 2.75) is 63.6 Å². The average molecular weight is 550 g/mol. The summed E-state index contributed by atoms with van der Waals surface area (Å²) < 4.78 is 46.4. The SMILES string of the molecule is COc1ncnc(C2CC2)c1-c1nc(NC(C)c2ccc(-c3nc(C(F)(F)F)cn3C)cc2)c2c(n1)C(C)CC2. The molecule has 40 heavy (non-hydrogen) atoms. The van der Waals surface area contributed by atoms with Crippen molar-refractivity contribution in [2.75, 3.05) is 12.4 Å². The number of aryl methyl sites for hydroxylation is 1. The molecule has 2 aliphatic rings. The van der Waals surface area contributed by atoms with Gasteiger partial charge in [0.15, 0.2) is 11.5 Å². The van der Waals surface area contributed by atoms with Crippen molar-refractivity contribution >= 4 is 5.82 Å². The number of hydrogen-bond acceptors (Lipinski definition) is 7. The molecule has 2 unspecified atom stereocenters. The number of anilines is 1. The van der Waals surface area contributed by atoms with Gasteiger partial charge in [0.25, 0.3) is 0 Å². The van der Waals surface area contributed by atoms with Crippen LogP contribution in [0.4, 0.5) is 19.0 Å². The largest absolute Gasteiger partial charge is 0.480 e. The summed E-state index contributed by atoms with van der Waals surface area (Å²) in [6.07, 6.45) is 2.06. The second-order valence-electron chi connectivity index (χ2n) is 10.7. The Bertz CT molecular complexity index is 1560. The predicted molar refractivity (Wildman–Crippen MR) is 144 cm³/mol. The van der Waals surface area contributed by atoms with Crippen molar-refractivity contribution < 1.29 is 17.9 Å². The highest BCUT2D eigenvalue weighted by molar-refractivity contribution is 5.69. The second kappa shape index (κ2) is 9.87. The van der Waals surface area contributed by atoms with Crippen LogP contribution in [0.3, 0.4) is 0 Å². The summed E-state index contributed by atoms with van der Waals surface area (Å²) in [5, 5.41) is 3.58. The van der Waals surface area contributed by atoms with Crippen molar-refractivity contribution in [3.05, 3.63) is 65.0 Å². The van der Waals surface area contributed by atoms with E-state index in [4.69, 9.17) is 14.7 Å². The minimum Gasteiger partial charge on any atom is -0.480 e. The third-order valence-corrected chi connectivity index (χ3v) is 7.74. The number of alkyl halides is 3. The number of imidazole rings is 1. The zero-order valence-electron chi connectivity index (χ0n) is 22.8. The van der Waals surface area contributed by atoms with E-state index in [1.807, 2.05) is 19.1 Å². The molecule has 0 saturated heterocycles. The van der Waals surface area contributed by atoms with Crippen molar-refractivity contribution in [1.82, 2.24) is 29.5 Å². The van der Waals surface area contributed by atoms with E-state index in [2.05, 4.69) is 27.2 Å². The lowest BCUT2D eigenvalue weighted by molar-refractivity contribution is -0.140. The minimum absolute atomic E-state index is 0.124. The van der Waals surface area contributed by atoms with E-state index in [0.717, 1.165) is 65.8 Å². The summed E-state index contributed by atoms with van der Waals surface area (Å²) >= 11 is 0. The lowest BCUT2D eigenvalue weighted by atomic mass is 10.0. The van der Waals surface area contributed by atoms with Crippen LogP contribution in [0, 0.1) is 0 Å². The molecule has 2 aliphatic carbocycles. The van der Waals surface area contributed by atoms with Gasteiger partial charge >= 0.3 is 6.18 Å². The maximum Gasteiger partial charge on any atom is 0.434 e. The number of ether oxygens (including phenoxy) is 1. The molecule has 0 amide bonds. The first kappa shape index (κ1) is 26.2. The van der Waals surface area contributed by atoms with Gasteiger partial charge in [0.1, 0.15) is 23.5 Å². The Morgan fingerprint density at radius 1 is 1.02 bits per heavy atom. The van der Waals surface area contributed by atoms with Crippen LogP contribution in [-0.2, 0) is 19.6 Å². The van der Waals surface area contributed by atoms with Crippen LogP contribution in [0.25, 0.3) is 22.8 Å². The van der Waals surface area contributed by atoms with Crippen LogP contribution in [0.2, 0.25) is 0 Å². The summed E-state index contributed by atoms with van der Waals surface area (Å²) in [4.78, 5) is 22.7. The van der Waals surface area contributed by atoms with E-state index in [9.17, 15) is 13.2 Å². The Morgan fingerprint density at radius 2 is 1.77 bits per heavy atom. The molecule has 4 aromatic rings. The summed E-state index contributed by atoms with van der Waals surface area (Å²) in [6.45, 7) is 4.21. The number of hydrogen-bond donors (Lipinski definition) is 1. The lowest BCUT2D eigenvalue weighted by Gasteiger charge is -2.20. The average Bonchev–Trinajstić information content (AvgIpc) is 3.61. The molecule has 6 rings (SSSR count). The fraction of sp³-hybridized carbons (Fsp3) is 0.414. The normalized spacial score (nSPS) is 17.5. The monoisotopic (exact) mass is 549 g/mol. The van der Waals surface area contributed by atoms with Crippen LogP contribution in [0.15, 0.2) is 36.8 Å². The van der Waals surface area contributed by atoms with Crippen molar-refractivity contribution in [2.24, 2.45) is 7.05 Å². The van der Waals surface area contributed by atoms with Crippen molar-refractivity contribution in [1.29, 1.82) is 0 Å². The Hall–Kier alpha value is -4.02. The lowest BCUT2D eigenvalue weighted by Crippen LogP contribution is -2.13. The molecule has 11 heteroatoms. The van der Waals surface area contributed by atoms with Gasteiger partial charge in [0.2, 0.25) is 5.88 Å². The zero-order valence-corrected chi connectivity index (χ0v) is 22.8. The molecule has 1 fully saturated rings. The molecule has 1 saturated carbocycles. The third kappa shape index (κ3) is 4.77. The van der Waals surface area contributed by atoms with Gasteiger partial charge in [-0.1, -0.05) is 31.2 Å². The van der Waals surface area contributed by atoms with Gasteiger partial charge in [-0.25, -0.2) is 24.9 Å². The van der Waals surface area contributed by atoms with Crippen LogP contribution < -0.4 is 10.1 Å². The van der Waals surface area contributed by atoms with Gasteiger partial charge in [0, 0.05) is 36.3 Å². The first-order valence-corrected chi connectivity index (χ1v) is 13.4. The molecule has 1 N–H and O–H groups in total. The van der Waals surface area contributed by atoms with Gasteiger partial charge in [-0.05, 0) is 44.1 Å².